The van der Waals surface area contributed by atoms with Gasteiger partial charge in [0.2, 0.25) is 0 Å². The van der Waals surface area contributed by atoms with Crippen molar-refractivity contribution >= 4 is 17.1 Å². The van der Waals surface area contributed by atoms with Crippen LogP contribution >= 0.6 is 0 Å². The first-order chi connectivity index (χ1) is 12.7. The minimum absolute atomic E-state index is 0.0956. The van der Waals surface area contributed by atoms with Crippen molar-refractivity contribution in [3.8, 4) is 5.75 Å². The average molecular weight is 355 g/mol. The maximum Gasteiger partial charge on any atom is 0.260 e. The third kappa shape index (κ3) is 3.22. The van der Waals surface area contributed by atoms with E-state index in [1.807, 2.05) is 0 Å². The first-order valence-corrected chi connectivity index (χ1v) is 8.52. The third-order valence-electron chi connectivity index (χ3n) is 4.66. The lowest BCUT2D eigenvalue weighted by molar-refractivity contribution is -0.134. The summed E-state index contributed by atoms with van der Waals surface area (Å²) in [7, 11) is 0. The molecule has 1 aromatic carbocycles. The SMILES string of the molecule is O=C(COc1ccccc1F)N1CCC(c2[nH]nc3nccnc23)CC1. The molecule has 1 aliphatic rings. The monoisotopic (exact) mass is 355 g/mol. The highest BCUT2D eigenvalue weighted by Gasteiger charge is 2.27. The van der Waals surface area contributed by atoms with Crippen molar-refractivity contribution in [2.75, 3.05) is 19.7 Å². The molecule has 134 valence electrons. The standard InChI is InChI=1S/C18H18FN5O2/c19-13-3-1-2-4-14(13)26-11-15(25)24-9-5-12(6-10-24)16-17-18(23-22-16)21-8-7-20-17/h1-4,7-8,12H,5-6,9-11H2,(H,21,22,23). The fourth-order valence-electron chi connectivity index (χ4n) is 3.26. The second-order valence-corrected chi connectivity index (χ2v) is 6.24. The van der Waals surface area contributed by atoms with E-state index in [9.17, 15) is 9.18 Å². The van der Waals surface area contributed by atoms with Crippen LogP contribution in [0.2, 0.25) is 0 Å². The molecule has 0 aliphatic carbocycles. The van der Waals surface area contributed by atoms with E-state index < -0.39 is 5.82 Å². The molecule has 3 heterocycles. The number of nitrogens with zero attached hydrogens (tertiary/aromatic N) is 4. The summed E-state index contributed by atoms with van der Waals surface area (Å²) in [6.07, 6.45) is 4.88. The van der Waals surface area contributed by atoms with Crippen molar-refractivity contribution in [2.24, 2.45) is 0 Å². The van der Waals surface area contributed by atoms with E-state index >= 15 is 0 Å². The molecule has 2 aromatic heterocycles. The number of ether oxygens (including phenoxy) is 1. The molecule has 0 atom stereocenters. The zero-order chi connectivity index (χ0) is 17.9. The largest absolute Gasteiger partial charge is 0.481 e. The average Bonchev–Trinajstić information content (AvgIpc) is 3.11. The molecule has 4 rings (SSSR count). The molecular formula is C18H18FN5O2. The molecule has 0 unspecified atom stereocenters. The molecule has 1 aliphatic heterocycles. The number of halogens is 1. The summed E-state index contributed by atoms with van der Waals surface area (Å²) >= 11 is 0. The number of amides is 1. The van der Waals surface area contributed by atoms with Gasteiger partial charge in [0.15, 0.2) is 23.8 Å². The van der Waals surface area contributed by atoms with Gasteiger partial charge < -0.3 is 9.64 Å². The lowest BCUT2D eigenvalue weighted by Crippen LogP contribution is -2.40. The predicted octanol–water partition coefficient (Wildman–Crippen LogP) is 2.28. The van der Waals surface area contributed by atoms with Crippen LogP contribution in [0.4, 0.5) is 4.39 Å². The topological polar surface area (TPSA) is 84.0 Å². The van der Waals surface area contributed by atoms with E-state index in [0.717, 1.165) is 24.1 Å². The van der Waals surface area contributed by atoms with Gasteiger partial charge in [0, 0.05) is 31.4 Å². The van der Waals surface area contributed by atoms with Gasteiger partial charge in [0.25, 0.3) is 5.91 Å². The van der Waals surface area contributed by atoms with Crippen LogP contribution in [0.15, 0.2) is 36.7 Å². The van der Waals surface area contributed by atoms with Crippen molar-refractivity contribution in [3.05, 3.63) is 48.2 Å². The van der Waals surface area contributed by atoms with Crippen LogP contribution in [0.3, 0.4) is 0 Å². The zero-order valence-electron chi connectivity index (χ0n) is 14.1. The van der Waals surface area contributed by atoms with Crippen LogP contribution in [0.5, 0.6) is 5.75 Å². The summed E-state index contributed by atoms with van der Waals surface area (Å²) in [6.45, 7) is 1.07. The Morgan fingerprint density at radius 3 is 2.81 bits per heavy atom. The fraction of sp³-hybridized carbons (Fsp3) is 0.333. The van der Waals surface area contributed by atoms with Gasteiger partial charge in [-0.25, -0.2) is 14.4 Å². The summed E-state index contributed by atoms with van der Waals surface area (Å²) in [6, 6.07) is 6.08. The quantitative estimate of drug-likeness (QED) is 0.776. The number of hydrogen-bond donors (Lipinski definition) is 1. The fourth-order valence-corrected chi connectivity index (χ4v) is 3.26. The van der Waals surface area contributed by atoms with Crippen molar-refractivity contribution in [3.63, 3.8) is 0 Å². The van der Waals surface area contributed by atoms with E-state index in [0.29, 0.717) is 18.7 Å². The number of fused-ring (bicyclic) bond motifs is 1. The Kier molecular flexibility index (Phi) is 4.47. The Balaban J connectivity index is 1.34. The molecule has 0 spiro atoms. The Morgan fingerprint density at radius 2 is 2.00 bits per heavy atom. The molecule has 8 heteroatoms. The molecule has 1 saturated heterocycles. The smallest absolute Gasteiger partial charge is 0.260 e. The maximum atomic E-state index is 13.5. The normalized spacial score (nSPS) is 15.3. The van der Waals surface area contributed by atoms with Gasteiger partial charge >= 0.3 is 0 Å². The van der Waals surface area contributed by atoms with Crippen molar-refractivity contribution in [2.45, 2.75) is 18.8 Å². The van der Waals surface area contributed by atoms with Gasteiger partial charge in [-0.05, 0) is 25.0 Å². The van der Waals surface area contributed by atoms with Crippen molar-refractivity contribution < 1.29 is 13.9 Å². The van der Waals surface area contributed by atoms with Gasteiger partial charge in [-0.15, -0.1) is 0 Å². The Bertz CT molecular complexity index is 921. The summed E-state index contributed by atoms with van der Waals surface area (Å²) in [5, 5.41) is 7.22. The van der Waals surface area contributed by atoms with Gasteiger partial charge in [-0.2, -0.15) is 5.10 Å². The lowest BCUT2D eigenvalue weighted by atomic mass is 9.93. The number of benzene rings is 1. The second-order valence-electron chi connectivity index (χ2n) is 6.24. The van der Waals surface area contributed by atoms with Crippen LogP contribution < -0.4 is 4.74 Å². The number of carbonyl (C=O) groups is 1. The van der Waals surface area contributed by atoms with Gasteiger partial charge in [-0.3, -0.25) is 9.89 Å². The van der Waals surface area contributed by atoms with Crippen LogP contribution in [-0.4, -0.2) is 50.7 Å². The first-order valence-electron chi connectivity index (χ1n) is 8.52. The molecule has 3 aromatic rings. The van der Waals surface area contributed by atoms with E-state index in [-0.39, 0.29) is 24.2 Å². The summed E-state index contributed by atoms with van der Waals surface area (Å²) in [5.74, 6) is -0.251. The summed E-state index contributed by atoms with van der Waals surface area (Å²) < 4.78 is 18.9. The highest BCUT2D eigenvalue weighted by Crippen LogP contribution is 2.30. The van der Waals surface area contributed by atoms with Gasteiger partial charge in [0.05, 0.1) is 5.69 Å². The number of H-pyrrole nitrogens is 1. The molecule has 0 bridgehead atoms. The number of nitrogens with one attached hydrogen (secondary N) is 1. The van der Waals surface area contributed by atoms with E-state index in [2.05, 4.69) is 20.2 Å². The molecule has 1 N–H and O–H groups in total. The number of carbonyl (C=O) groups excluding carboxylic acids is 1. The maximum absolute atomic E-state index is 13.5. The minimum Gasteiger partial charge on any atom is -0.481 e. The van der Waals surface area contributed by atoms with Gasteiger partial charge in [0.1, 0.15) is 5.52 Å². The van der Waals surface area contributed by atoms with Crippen LogP contribution in [0, 0.1) is 5.82 Å². The number of aromatic amines is 1. The Morgan fingerprint density at radius 1 is 1.23 bits per heavy atom. The minimum atomic E-state index is -0.466. The number of para-hydroxylation sites is 1. The molecule has 26 heavy (non-hydrogen) atoms. The Labute approximate surface area is 149 Å². The molecule has 7 nitrogen and oxygen atoms in total. The highest BCUT2D eigenvalue weighted by atomic mass is 19.1. The van der Waals surface area contributed by atoms with Crippen molar-refractivity contribution in [1.29, 1.82) is 0 Å². The van der Waals surface area contributed by atoms with E-state index in [1.54, 1.807) is 29.4 Å². The number of piperidine rings is 1. The number of aromatic nitrogens is 4. The zero-order valence-corrected chi connectivity index (χ0v) is 14.1. The molecule has 0 radical (unpaired) electrons. The highest BCUT2D eigenvalue weighted by molar-refractivity contribution is 5.78. The molecule has 0 saturated carbocycles. The molecule has 1 amide bonds. The summed E-state index contributed by atoms with van der Waals surface area (Å²) in [5.41, 5.74) is 2.38. The van der Waals surface area contributed by atoms with E-state index in [1.165, 1.54) is 12.1 Å². The Hall–Kier alpha value is -3.03. The third-order valence-corrected chi connectivity index (χ3v) is 4.66. The molecule has 1 fully saturated rings. The lowest BCUT2D eigenvalue weighted by Gasteiger charge is -2.31. The van der Waals surface area contributed by atoms with Gasteiger partial charge in [-0.1, -0.05) is 12.1 Å². The summed E-state index contributed by atoms with van der Waals surface area (Å²) in [4.78, 5) is 22.6. The number of hydrogen-bond acceptors (Lipinski definition) is 5. The van der Waals surface area contributed by atoms with Crippen molar-refractivity contribution in [1.82, 2.24) is 25.1 Å². The molecular weight excluding hydrogens is 337 g/mol. The number of likely N-dealkylation sites (tertiary alicyclic amines) is 1. The van der Waals surface area contributed by atoms with Crippen LogP contribution in [0.1, 0.15) is 24.5 Å². The predicted molar refractivity (Wildman–Crippen MR) is 92.1 cm³/mol. The number of rotatable bonds is 4. The van der Waals surface area contributed by atoms with Crippen LogP contribution in [0.25, 0.3) is 11.2 Å². The first kappa shape index (κ1) is 16.4. The van der Waals surface area contributed by atoms with E-state index in [4.69, 9.17) is 4.74 Å². The van der Waals surface area contributed by atoms with Crippen LogP contribution in [-0.2, 0) is 4.79 Å². The second kappa shape index (κ2) is 7.07.